The second kappa shape index (κ2) is 7.49. The summed E-state index contributed by atoms with van der Waals surface area (Å²) in [4.78, 5) is 11.0. The third-order valence-corrected chi connectivity index (χ3v) is 3.76. The third kappa shape index (κ3) is 3.91. The van der Waals surface area contributed by atoms with E-state index in [0.29, 0.717) is 19.5 Å². The van der Waals surface area contributed by atoms with E-state index >= 15 is 0 Å². The molecule has 1 heterocycles. The average Bonchev–Trinajstić information content (AvgIpc) is 2.84. The van der Waals surface area contributed by atoms with E-state index in [0.717, 1.165) is 22.2 Å². The van der Waals surface area contributed by atoms with Crippen LogP contribution in [0.2, 0.25) is 0 Å². The summed E-state index contributed by atoms with van der Waals surface area (Å²) in [5.74, 6) is 0.707. The van der Waals surface area contributed by atoms with E-state index < -0.39 is 12.1 Å². The van der Waals surface area contributed by atoms with Gasteiger partial charge in [0.25, 0.3) is 0 Å². The van der Waals surface area contributed by atoms with Crippen LogP contribution in [-0.4, -0.2) is 36.2 Å². The molecule has 0 saturated carbocycles. The zero-order valence-corrected chi connectivity index (χ0v) is 13.5. The molecule has 120 valence electrons. The smallest absolute Gasteiger partial charge is 0.216 e. The van der Waals surface area contributed by atoms with Gasteiger partial charge in [0.05, 0.1) is 12.5 Å². The Morgan fingerprint density at radius 1 is 1.50 bits per heavy atom. The summed E-state index contributed by atoms with van der Waals surface area (Å²) < 4.78 is 19.9. The fourth-order valence-corrected chi connectivity index (χ4v) is 2.61. The fraction of sp³-hybridized carbons (Fsp3) is 0.438. The van der Waals surface area contributed by atoms with E-state index in [1.807, 2.05) is 29.0 Å². The number of benzene rings is 1. The molecule has 0 spiro atoms. The molecule has 0 radical (unpaired) electrons. The monoisotopic (exact) mass is 326 g/mol. The first-order valence-electron chi connectivity index (χ1n) is 7.15. The van der Waals surface area contributed by atoms with Crippen molar-refractivity contribution in [3.05, 3.63) is 30.0 Å². The quantitative estimate of drug-likeness (QED) is 0.795. The Labute approximate surface area is 134 Å². The molecule has 2 aromatic rings. The molecule has 0 aliphatic carbocycles. The number of fused-ring (bicyclic) bond motifs is 1. The minimum absolute atomic E-state index is 0.0560. The van der Waals surface area contributed by atoms with Gasteiger partial charge in [-0.25, -0.2) is 4.39 Å². The fourth-order valence-electron chi connectivity index (χ4n) is 2.46. The largest absolute Gasteiger partial charge is 0.497 e. The van der Waals surface area contributed by atoms with Crippen LogP contribution in [0.4, 0.5) is 4.39 Å². The Morgan fingerprint density at radius 2 is 2.27 bits per heavy atom. The zero-order valence-electron chi connectivity index (χ0n) is 12.7. The van der Waals surface area contributed by atoms with E-state index in [9.17, 15) is 9.18 Å². The van der Waals surface area contributed by atoms with Crippen LogP contribution < -0.4 is 10.1 Å². The number of nitrogens with zero attached hydrogens (tertiary/aromatic N) is 1. The zero-order chi connectivity index (χ0) is 16.1. The van der Waals surface area contributed by atoms with Crippen LogP contribution in [-0.2, 0) is 17.8 Å². The molecular formula is C16H20ClFN2O2. The standard InChI is InChI=1S/C16H20ClFN2O2/c1-11(21)19-6-5-12-9-20(10-13(17)8-18)16-4-3-14(22-2)7-15(12)16/h3-4,7,9,13H,5-6,8,10H2,1-2H3,(H,19,21). The molecule has 1 unspecified atom stereocenters. The number of alkyl halides is 2. The van der Waals surface area contributed by atoms with Gasteiger partial charge in [0, 0.05) is 37.1 Å². The van der Waals surface area contributed by atoms with Crippen molar-refractivity contribution in [2.75, 3.05) is 20.3 Å². The highest BCUT2D eigenvalue weighted by Crippen LogP contribution is 2.27. The molecule has 1 atom stereocenters. The molecule has 1 aromatic carbocycles. The second-order valence-electron chi connectivity index (χ2n) is 5.17. The highest BCUT2D eigenvalue weighted by molar-refractivity contribution is 6.20. The number of hydrogen-bond donors (Lipinski definition) is 1. The number of rotatable bonds is 7. The van der Waals surface area contributed by atoms with Gasteiger partial charge in [-0.3, -0.25) is 4.79 Å². The molecule has 1 aromatic heterocycles. The Morgan fingerprint density at radius 3 is 2.91 bits per heavy atom. The third-order valence-electron chi connectivity index (χ3n) is 3.50. The van der Waals surface area contributed by atoms with Gasteiger partial charge in [0.2, 0.25) is 5.91 Å². The molecule has 0 bridgehead atoms. The van der Waals surface area contributed by atoms with Crippen LogP contribution in [0.3, 0.4) is 0 Å². The minimum Gasteiger partial charge on any atom is -0.497 e. The minimum atomic E-state index is -0.571. The maximum Gasteiger partial charge on any atom is 0.216 e. The van der Waals surface area contributed by atoms with Crippen molar-refractivity contribution >= 4 is 28.4 Å². The van der Waals surface area contributed by atoms with Gasteiger partial charge >= 0.3 is 0 Å². The molecule has 1 amide bonds. The molecule has 4 nitrogen and oxygen atoms in total. The number of amides is 1. The Balaban J connectivity index is 2.33. The van der Waals surface area contributed by atoms with Crippen LogP contribution >= 0.6 is 11.6 Å². The predicted molar refractivity (Wildman–Crippen MR) is 86.5 cm³/mol. The number of nitrogens with one attached hydrogen (secondary N) is 1. The van der Waals surface area contributed by atoms with Crippen molar-refractivity contribution in [1.29, 1.82) is 0 Å². The van der Waals surface area contributed by atoms with Gasteiger partial charge in [-0.1, -0.05) is 0 Å². The number of ether oxygens (including phenoxy) is 1. The van der Waals surface area contributed by atoms with Crippen molar-refractivity contribution in [2.24, 2.45) is 0 Å². The van der Waals surface area contributed by atoms with Gasteiger partial charge in [-0.15, -0.1) is 11.6 Å². The lowest BCUT2D eigenvalue weighted by molar-refractivity contribution is -0.118. The molecule has 0 saturated heterocycles. The summed E-state index contributed by atoms with van der Waals surface area (Å²) in [6.45, 7) is 1.88. The normalized spacial score (nSPS) is 12.4. The second-order valence-corrected chi connectivity index (χ2v) is 5.79. The molecule has 6 heteroatoms. The van der Waals surface area contributed by atoms with Crippen LogP contribution in [0, 0.1) is 0 Å². The predicted octanol–water partition coefficient (Wildman–Crippen LogP) is 2.91. The van der Waals surface area contributed by atoms with E-state index in [1.54, 1.807) is 7.11 Å². The summed E-state index contributed by atoms with van der Waals surface area (Å²) in [7, 11) is 1.62. The average molecular weight is 327 g/mol. The van der Waals surface area contributed by atoms with Crippen LogP contribution in [0.25, 0.3) is 10.9 Å². The number of aromatic nitrogens is 1. The van der Waals surface area contributed by atoms with Crippen LogP contribution in [0.5, 0.6) is 5.75 Å². The Bertz CT molecular complexity index is 657. The molecular weight excluding hydrogens is 307 g/mol. The van der Waals surface area contributed by atoms with Crippen molar-refractivity contribution < 1.29 is 13.9 Å². The van der Waals surface area contributed by atoms with Crippen molar-refractivity contribution in [2.45, 2.75) is 25.3 Å². The molecule has 0 aliphatic heterocycles. The molecule has 0 fully saturated rings. The number of hydrogen-bond acceptors (Lipinski definition) is 2. The summed E-state index contributed by atoms with van der Waals surface area (Å²) in [6, 6.07) is 5.76. The van der Waals surface area contributed by atoms with Crippen LogP contribution in [0.1, 0.15) is 12.5 Å². The Kier molecular flexibility index (Phi) is 5.66. The van der Waals surface area contributed by atoms with Gasteiger partial charge in [-0.2, -0.15) is 0 Å². The van der Waals surface area contributed by atoms with E-state index in [-0.39, 0.29) is 5.91 Å². The summed E-state index contributed by atoms with van der Waals surface area (Å²) in [6.07, 6.45) is 2.66. The van der Waals surface area contributed by atoms with Gasteiger partial charge in [0.1, 0.15) is 12.4 Å². The van der Waals surface area contributed by atoms with Gasteiger partial charge < -0.3 is 14.6 Å². The molecule has 0 aliphatic rings. The first-order valence-corrected chi connectivity index (χ1v) is 7.59. The number of halogens is 2. The lowest BCUT2D eigenvalue weighted by Gasteiger charge is -2.08. The Hall–Kier alpha value is -1.75. The maximum atomic E-state index is 12.7. The first-order chi connectivity index (χ1) is 10.5. The van der Waals surface area contributed by atoms with Gasteiger partial charge in [-0.05, 0) is 30.2 Å². The molecule has 2 rings (SSSR count). The maximum absolute atomic E-state index is 12.7. The topological polar surface area (TPSA) is 43.3 Å². The van der Waals surface area contributed by atoms with Gasteiger partial charge in [0.15, 0.2) is 0 Å². The highest BCUT2D eigenvalue weighted by Gasteiger charge is 2.13. The van der Waals surface area contributed by atoms with Crippen molar-refractivity contribution in [3.63, 3.8) is 0 Å². The molecule has 22 heavy (non-hydrogen) atoms. The van der Waals surface area contributed by atoms with Crippen LogP contribution in [0.15, 0.2) is 24.4 Å². The summed E-state index contributed by atoms with van der Waals surface area (Å²) in [5.41, 5.74) is 2.06. The molecule has 1 N–H and O–H groups in total. The lowest BCUT2D eigenvalue weighted by Crippen LogP contribution is -2.22. The van der Waals surface area contributed by atoms with E-state index in [2.05, 4.69) is 5.32 Å². The first kappa shape index (κ1) is 16.6. The van der Waals surface area contributed by atoms with E-state index in [4.69, 9.17) is 16.3 Å². The van der Waals surface area contributed by atoms with Crippen molar-refractivity contribution in [3.8, 4) is 5.75 Å². The number of methoxy groups -OCH3 is 1. The van der Waals surface area contributed by atoms with E-state index in [1.165, 1.54) is 6.92 Å². The highest BCUT2D eigenvalue weighted by atomic mass is 35.5. The number of carbonyl (C=O) groups is 1. The number of carbonyl (C=O) groups excluding carboxylic acids is 1. The lowest BCUT2D eigenvalue weighted by atomic mass is 10.1. The summed E-state index contributed by atoms with van der Waals surface area (Å²) >= 11 is 5.94. The van der Waals surface area contributed by atoms with Crippen molar-refractivity contribution in [1.82, 2.24) is 9.88 Å². The summed E-state index contributed by atoms with van der Waals surface area (Å²) in [5, 5.41) is 3.26. The SMILES string of the molecule is COc1ccc2c(c1)c(CCNC(C)=O)cn2CC(Cl)CF.